The molecule has 9 nitrogen and oxygen atoms in total. The van der Waals surface area contributed by atoms with Gasteiger partial charge in [-0.25, -0.2) is 13.4 Å². The molecule has 0 aliphatic rings. The number of sulfonamides is 1. The molecule has 41 heavy (non-hydrogen) atoms. The van der Waals surface area contributed by atoms with Crippen LogP contribution >= 0.6 is 11.3 Å². The van der Waals surface area contributed by atoms with Crippen LogP contribution in [0, 0.1) is 0 Å². The number of ether oxygens (including phenoxy) is 2. The minimum Gasteiger partial charge on any atom is -0.495 e. The van der Waals surface area contributed by atoms with E-state index in [1.165, 1.54) is 51.1 Å². The van der Waals surface area contributed by atoms with E-state index in [1.54, 1.807) is 45.4 Å². The summed E-state index contributed by atoms with van der Waals surface area (Å²) >= 11 is 1.29. The number of rotatable bonds is 11. The number of nitrogens with zero attached hydrogens (tertiary/aromatic N) is 3. The summed E-state index contributed by atoms with van der Waals surface area (Å²) in [5.41, 5.74) is 1.77. The number of amides is 1. The van der Waals surface area contributed by atoms with Crippen molar-refractivity contribution < 1.29 is 27.1 Å². The third-order valence-electron chi connectivity index (χ3n) is 6.56. The van der Waals surface area contributed by atoms with Crippen molar-refractivity contribution in [3.8, 4) is 11.5 Å². The van der Waals surface area contributed by atoms with E-state index in [2.05, 4.69) is 0 Å². The Bertz CT molecular complexity index is 1690. The maximum atomic E-state index is 13.9. The van der Waals surface area contributed by atoms with Gasteiger partial charge in [-0.2, -0.15) is 4.31 Å². The summed E-state index contributed by atoms with van der Waals surface area (Å²) in [6.45, 7) is 2.48. The monoisotopic (exact) mass is 591 g/mol. The topological polar surface area (TPSA) is 102 Å². The first-order chi connectivity index (χ1) is 19.8. The molecule has 0 spiro atoms. The molecule has 0 N–H and O–H groups in total. The molecular weight excluding hydrogens is 562 g/mol. The van der Waals surface area contributed by atoms with Gasteiger partial charge in [-0.3, -0.25) is 9.69 Å². The van der Waals surface area contributed by atoms with Crippen LogP contribution < -0.4 is 14.4 Å². The minimum atomic E-state index is -3.78. The van der Waals surface area contributed by atoms with E-state index in [9.17, 15) is 13.2 Å². The molecule has 0 atom stereocenters. The van der Waals surface area contributed by atoms with Crippen molar-refractivity contribution in [2.75, 3.05) is 25.7 Å². The van der Waals surface area contributed by atoms with Gasteiger partial charge in [0.15, 0.2) is 5.13 Å². The predicted molar refractivity (Wildman–Crippen MR) is 158 cm³/mol. The molecule has 2 heterocycles. The second-order valence-electron chi connectivity index (χ2n) is 9.06. The van der Waals surface area contributed by atoms with Crippen LogP contribution in [-0.2, 0) is 23.1 Å². The number of aromatic nitrogens is 1. The highest BCUT2D eigenvalue weighted by Gasteiger charge is 2.27. The number of methoxy groups -OCH3 is 2. The second-order valence-corrected chi connectivity index (χ2v) is 12.0. The maximum absolute atomic E-state index is 13.9. The van der Waals surface area contributed by atoms with Crippen molar-refractivity contribution in [3.63, 3.8) is 0 Å². The van der Waals surface area contributed by atoms with Gasteiger partial charge in [-0.1, -0.05) is 48.6 Å². The first-order valence-electron chi connectivity index (χ1n) is 12.9. The molecule has 212 valence electrons. The lowest BCUT2D eigenvalue weighted by atomic mass is 10.2. The number of furan rings is 1. The lowest BCUT2D eigenvalue weighted by Crippen LogP contribution is -2.31. The number of fused-ring (bicyclic) bond motifs is 1. The summed E-state index contributed by atoms with van der Waals surface area (Å²) in [4.78, 5) is 20.2. The van der Waals surface area contributed by atoms with Crippen LogP contribution in [0.4, 0.5) is 5.13 Å². The first kappa shape index (κ1) is 28.3. The molecule has 1 amide bonds. The summed E-state index contributed by atoms with van der Waals surface area (Å²) in [5, 5.41) is 0.418. The lowest BCUT2D eigenvalue weighted by molar-refractivity contribution is 0.0983. The molecule has 5 rings (SSSR count). The summed E-state index contributed by atoms with van der Waals surface area (Å²) in [6, 6.07) is 22.5. The SMILES string of the molecule is CCN(Cc1ccccc1)S(=O)(=O)c1ccc(C(=O)N(Cc2ccco2)c2nc3c(OC)ccc(OC)c3s2)cc1. The highest BCUT2D eigenvalue weighted by Crippen LogP contribution is 2.40. The Morgan fingerprint density at radius 3 is 2.24 bits per heavy atom. The van der Waals surface area contributed by atoms with Gasteiger partial charge in [0.05, 0.1) is 31.9 Å². The molecule has 0 aliphatic carbocycles. The third-order valence-corrected chi connectivity index (χ3v) is 9.59. The summed E-state index contributed by atoms with van der Waals surface area (Å²) in [7, 11) is -0.655. The Balaban J connectivity index is 1.47. The molecule has 0 saturated heterocycles. The van der Waals surface area contributed by atoms with Gasteiger partial charge in [0.2, 0.25) is 10.0 Å². The Morgan fingerprint density at radius 2 is 1.61 bits per heavy atom. The molecule has 0 radical (unpaired) electrons. The number of hydrogen-bond donors (Lipinski definition) is 0. The third kappa shape index (κ3) is 5.83. The molecule has 2 aromatic heterocycles. The van der Waals surface area contributed by atoms with E-state index in [1.807, 2.05) is 30.3 Å². The summed E-state index contributed by atoms with van der Waals surface area (Å²) in [6.07, 6.45) is 1.54. The van der Waals surface area contributed by atoms with E-state index in [-0.39, 0.29) is 23.9 Å². The fourth-order valence-electron chi connectivity index (χ4n) is 4.40. The van der Waals surface area contributed by atoms with Gasteiger partial charge in [0.1, 0.15) is 27.5 Å². The number of hydrogen-bond acceptors (Lipinski definition) is 8. The fourth-order valence-corrected chi connectivity index (χ4v) is 6.91. The molecule has 0 fully saturated rings. The maximum Gasteiger partial charge on any atom is 0.260 e. The van der Waals surface area contributed by atoms with Crippen molar-refractivity contribution in [1.29, 1.82) is 0 Å². The Kier molecular flexibility index (Phi) is 8.39. The van der Waals surface area contributed by atoms with Crippen LogP contribution in [0.25, 0.3) is 10.2 Å². The molecule has 5 aromatic rings. The van der Waals surface area contributed by atoms with Crippen LogP contribution in [-0.4, -0.2) is 44.4 Å². The van der Waals surface area contributed by atoms with Gasteiger partial charge in [0.25, 0.3) is 5.91 Å². The Hall–Kier alpha value is -4.19. The van der Waals surface area contributed by atoms with Crippen LogP contribution in [0.15, 0.2) is 94.4 Å². The van der Waals surface area contributed by atoms with Gasteiger partial charge in [-0.05, 0) is 54.1 Å². The van der Waals surface area contributed by atoms with Crippen LogP contribution in [0.3, 0.4) is 0 Å². The van der Waals surface area contributed by atoms with Gasteiger partial charge < -0.3 is 13.9 Å². The Morgan fingerprint density at radius 1 is 0.902 bits per heavy atom. The smallest absolute Gasteiger partial charge is 0.260 e. The molecule has 0 unspecified atom stereocenters. The van der Waals surface area contributed by atoms with Crippen molar-refractivity contribution in [3.05, 3.63) is 102 Å². The highest BCUT2D eigenvalue weighted by molar-refractivity contribution is 7.89. The normalized spacial score (nSPS) is 11.6. The van der Waals surface area contributed by atoms with E-state index in [0.717, 1.165) is 10.3 Å². The quantitative estimate of drug-likeness (QED) is 0.187. The van der Waals surface area contributed by atoms with E-state index < -0.39 is 10.0 Å². The molecule has 0 aliphatic heterocycles. The average molecular weight is 592 g/mol. The zero-order chi connectivity index (χ0) is 29.0. The number of carbonyl (C=O) groups is 1. The molecule has 0 saturated carbocycles. The number of carbonyl (C=O) groups excluding carboxylic acids is 1. The zero-order valence-corrected chi connectivity index (χ0v) is 24.4. The summed E-state index contributed by atoms with van der Waals surface area (Å²) in [5.74, 6) is 1.37. The highest BCUT2D eigenvalue weighted by atomic mass is 32.2. The zero-order valence-electron chi connectivity index (χ0n) is 22.8. The summed E-state index contributed by atoms with van der Waals surface area (Å²) < 4.78 is 45.5. The van der Waals surface area contributed by atoms with Crippen molar-refractivity contribution >= 4 is 42.6 Å². The standard InChI is InChI=1S/C30H29N3O6S2/c1-4-32(19-21-9-6-5-7-10-21)41(35,36)24-14-12-22(13-15-24)29(34)33(20-23-11-8-18-39-23)30-31-27-25(37-2)16-17-26(38-3)28(27)40-30/h5-18H,4,19-20H2,1-3H3. The van der Waals surface area contributed by atoms with Crippen molar-refractivity contribution in [2.24, 2.45) is 0 Å². The largest absolute Gasteiger partial charge is 0.495 e. The number of anilines is 1. The van der Waals surface area contributed by atoms with Gasteiger partial charge in [0, 0.05) is 18.7 Å². The van der Waals surface area contributed by atoms with E-state index in [0.29, 0.717) is 40.0 Å². The Labute approximate surface area is 242 Å². The number of thiazole rings is 1. The fraction of sp³-hybridized carbons (Fsp3) is 0.200. The average Bonchev–Trinajstić information content (AvgIpc) is 3.69. The van der Waals surface area contributed by atoms with Crippen LogP contribution in [0.1, 0.15) is 28.6 Å². The van der Waals surface area contributed by atoms with Crippen molar-refractivity contribution in [1.82, 2.24) is 9.29 Å². The van der Waals surface area contributed by atoms with Crippen molar-refractivity contribution in [2.45, 2.75) is 24.9 Å². The second kappa shape index (κ2) is 12.1. The predicted octanol–water partition coefficient (Wildman–Crippen LogP) is 5.96. The molecular formula is C30H29N3O6S2. The minimum absolute atomic E-state index is 0.110. The van der Waals surface area contributed by atoms with E-state index >= 15 is 0 Å². The molecule has 3 aromatic carbocycles. The van der Waals surface area contributed by atoms with Crippen LogP contribution in [0.2, 0.25) is 0 Å². The molecule has 11 heteroatoms. The lowest BCUT2D eigenvalue weighted by Gasteiger charge is -2.21. The number of benzene rings is 3. The van der Waals surface area contributed by atoms with Gasteiger partial charge in [-0.15, -0.1) is 0 Å². The van der Waals surface area contributed by atoms with Gasteiger partial charge >= 0.3 is 0 Å². The molecule has 0 bridgehead atoms. The van der Waals surface area contributed by atoms with E-state index in [4.69, 9.17) is 18.9 Å². The first-order valence-corrected chi connectivity index (χ1v) is 15.1. The van der Waals surface area contributed by atoms with Crippen LogP contribution in [0.5, 0.6) is 11.5 Å².